The molecule has 0 aromatic carbocycles. The van der Waals surface area contributed by atoms with Gasteiger partial charge in [-0.3, -0.25) is 4.79 Å². The first-order valence-corrected chi connectivity index (χ1v) is 10.9. The van der Waals surface area contributed by atoms with Crippen molar-refractivity contribution in [1.82, 2.24) is 5.32 Å². The summed E-state index contributed by atoms with van der Waals surface area (Å²) in [7, 11) is -2.02. The summed E-state index contributed by atoms with van der Waals surface area (Å²) in [5.41, 5.74) is 0. The fraction of sp³-hybridized carbons (Fsp3) is 0.750. The molecule has 0 saturated heterocycles. The topological polar surface area (TPSA) is 73.9 Å². The maximum absolute atomic E-state index is 11.6. The van der Waals surface area contributed by atoms with Crippen LogP contribution in [0.1, 0.15) is 34.6 Å². The van der Waals surface area contributed by atoms with E-state index < -0.39 is 26.6 Å². The predicted octanol–water partition coefficient (Wildman–Crippen LogP) is 2.99. The molecule has 1 amide bonds. The lowest BCUT2D eigenvalue weighted by Crippen LogP contribution is -2.53. The standard InChI is InChI=1S/C16H29NO5Si/c1-8-20-15(19)21-12-9-10-13(14(12)17-11(2)18)22-23(6,7)16(3,4)5/h9-10,12-14H,8H2,1-7H3,(H,17,18)/t12-,13+,14+/m0/s1. The summed E-state index contributed by atoms with van der Waals surface area (Å²) in [5, 5.41) is 2.87. The third kappa shape index (κ3) is 5.35. The Kier molecular flexibility index (Phi) is 6.41. The summed E-state index contributed by atoms with van der Waals surface area (Å²) < 4.78 is 16.4. The van der Waals surface area contributed by atoms with Crippen LogP contribution in [-0.2, 0) is 18.7 Å². The Morgan fingerprint density at radius 1 is 1.17 bits per heavy atom. The van der Waals surface area contributed by atoms with Gasteiger partial charge in [-0.2, -0.15) is 0 Å². The Bertz CT molecular complexity index is 470. The molecular weight excluding hydrogens is 314 g/mol. The van der Waals surface area contributed by atoms with Gasteiger partial charge in [-0.05, 0) is 31.1 Å². The highest BCUT2D eigenvalue weighted by Crippen LogP contribution is 2.38. The van der Waals surface area contributed by atoms with Crippen molar-refractivity contribution in [1.29, 1.82) is 0 Å². The Labute approximate surface area is 139 Å². The smallest absolute Gasteiger partial charge is 0.435 e. The third-order valence-corrected chi connectivity index (χ3v) is 8.77. The SMILES string of the molecule is CCOC(=O)O[C@H]1C=C[C@@H](O[Si](C)(C)C(C)(C)C)[C@@H]1NC(C)=O. The van der Waals surface area contributed by atoms with E-state index in [0.717, 1.165) is 0 Å². The zero-order valence-corrected chi connectivity index (χ0v) is 16.1. The summed E-state index contributed by atoms with van der Waals surface area (Å²) in [6.45, 7) is 14.1. The van der Waals surface area contributed by atoms with Crippen LogP contribution in [0.25, 0.3) is 0 Å². The van der Waals surface area contributed by atoms with E-state index in [-0.39, 0.29) is 23.7 Å². The molecule has 7 heteroatoms. The summed E-state index contributed by atoms with van der Waals surface area (Å²) >= 11 is 0. The highest BCUT2D eigenvalue weighted by molar-refractivity contribution is 6.74. The summed E-state index contributed by atoms with van der Waals surface area (Å²) in [6, 6.07) is -0.439. The zero-order chi connectivity index (χ0) is 17.8. The second kappa shape index (κ2) is 7.48. The fourth-order valence-electron chi connectivity index (χ4n) is 2.05. The molecule has 0 unspecified atom stereocenters. The molecule has 132 valence electrons. The van der Waals surface area contributed by atoms with Crippen molar-refractivity contribution in [3.8, 4) is 0 Å². The Morgan fingerprint density at radius 3 is 2.22 bits per heavy atom. The van der Waals surface area contributed by atoms with Gasteiger partial charge in [0, 0.05) is 6.92 Å². The number of nitrogens with one attached hydrogen (secondary N) is 1. The highest BCUT2D eigenvalue weighted by Gasteiger charge is 2.44. The van der Waals surface area contributed by atoms with Crippen molar-refractivity contribution in [3.05, 3.63) is 12.2 Å². The van der Waals surface area contributed by atoms with Crippen LogP contribution < -0.4 is 5.32 Å². The lowest BCUT2D eigenvalue weighted by molar-refractivity contribution is -0.121. The van der Waals surface area contributed by atoms with Gasteiger partial charge in [-0.25, -0.2) is 4.79 Å². The van der Waals surface area contributed by atoms with E-state index in [4.69, 9.17) is 13.9 Å². The molecule has 1 aliphatic carbocycles. The number of hydrogen-bond acceptors (Lipinski definition) is 5. The molecule has 0 radical (unpaired) electrons. The molecule has 0 spiro atoms. The van der Waals surface area contributed by atoms with Crippen LogP contribution in [0.15, 0.2) is 12.2 Å². The summed E-state index contributed by atoms with van der Waals surface area (Å²) in [6.07, 6.45) is 1.94. The van der Waals surface area contributed by atoms with E-state index in [0.29, 0.717) is 0 Å². The van der Waals surface area contributed by atoms with Gasteiger partial charge in [0.25, 0.3) is 0 Å². The minimum Gasteiger partial charge on any atom is -0.435 e. The second-order valence-corrected chi connectivity index (χ2v) is 12.0. The third-order valence-electron chi connectivity index (χ3n) is 4.30. The van der Waals surface area contributed by atoms with Gasteiger partial charge in [-0.15, -0.1) is 0 Å². The van der Waals surface area contributed by atoms with Crippen LogP contribution in [0.3, 0.4) is 0 Å². The number of rotatable bonds is 5. The van der Waals surface area contributed by atoms with E-state index in [2.05, 4.69) is 39.2 Å². The van der Waals surface area contributed by atoms with Gasteiger partial charge < -0.3 is 19.2 Å². The van der Waals surface area contributed by atoms with Gasteiger partial charge in [0.15, 0.2) is 8.32 Å². The first-order valence-electron chi connectivity index (χ1n) is 7.94. The number of carbonyl (C=O) groups is 2. The fourth-order valence-corrected chi connectivity index (χ4v) is 3.31. The molecule has 23 heavy (non-hydrogen) atoms. The van der Waals surface area contributed by atoms with Gasteiger partial charge in [0.05, 0.1) is 18.8 Å². The average molecular weight is 343 g/mol. The molecule has 0 aromatic heterocycles. The molecule has 6 nitrogen and oxygen atoms in total. The Balaban J connectivity index is 2.86. The van der Waals surface area contributed by atoms with Crippen LogP contribution in [0.5, 0.6) is 0 Å². The average Bonchev–Trinajstić information content (AvgIpc) is 2.70. The van der Waals surface area contributed by atoms with Crippen LogP contribution in [0.2, 0.25) is 18.1 Å². The summed E-state index contributed by atoms with van der Waals surface area (Å²) in [5.74, 6) is -0.194. The second-order valence-electron chi connectivity index (χ2n) is 7.22. The number of ether oxygens (including phenoxy) is 2. The van der Waals surface area contributed by atoms with Crippen LogP contribution in [0.4, 0.5) is 4.79 Å². The van der Waals surface area contributed by atoms with E-state index >= 15 is 0 Å². The normalized spacial score (nSPS) is 24.4. The van der Waals surface area contributed by atoms with E-state index in [1.54, 1.807) is 13.0 Å². The largest absolute Gasteiger partial charge is 0.508 e. The van der Waals surface area contributed by atoms with Crippen LogP contribution >= 0.6 is 0 Å². The summed E-state index contributed by atoms with van der Waals surface area (Å²) in [4.78, 5) is 23.1. The van der Waals surface area contributed by atoms with Crippen molar-refractivity contribution in [3.63, 3.8) is 0 Å². The molecule has 3 atom stereocenters. The predicted molar refractivity (Wildman–Crippen MR) is 90.7 cm³/mol. The molecule has 0 bridgehead atoms. The van der Waals surface area contributed by atoms with Crippen molar-refractivity contribution < 1.29 is 23.5 Å². The first-order chi connectivity index (χ1) is 10.5. The number of hydrogen-bond donors (Lipinski definition) is 1. The molecule has 0 fully saturated rings. The van der Waals surface area contributed by atoms with Crippen LogP contribution in [0, 0.1) is 0 Å². The molecule has 1 N–H and O–H groups in total. The van der Waals surface area contributed by atoms with Gasteiger partial charge in [0.2, 0.25) is 5.91 Å². The van der Waals surface area contributed by atoms with Crippen molar-refractivity contribution in [2.45, 2.75) is 71.0 Å². The first kappa shape index (κ1) is 19.7. The molecule has 0 heterocycles. The van der Waals surface area contributed by atoms with Crippen molar-refractivity contribution in [2.24, 2.45) is 0 Å². The van der Waals surface area contributed by atoms with Crippen molar-refractivity contribution >= 4 is 20.4 Å². The van der Waals surface area contributed by atoms with E-state index in [1.807, 2.05) is 6.08 Å². The zero-order valence-electron chi connectivity index (χ0n) is 15.1. The molecule has 0 aromatic rings. The highest BCUT2D eigenvalue weighted by atomic mass is 28.4. The lowest BCUT2D eigenvalue weighted by atomic mass is 10.1. The quantitative estimate of drug-likeness (QED) is 0.472. The maximum atomic E-state index is 11.6. The van der Waals surface area contributed by atoms with Crippen LogP contribution in [-0.4, -0.2) is 45.2 Å². The maximum Gasteiger partial charge on any atom is 0.508 e. The number of amides is 1. The Morgan fingerprint density at radius 2 is 1.74 bits per heavy atom. The van der Waals surface area contributed by atoms with Gasteiger partial charge in [-0.1, -0.05) is 26.8 Å². The molecular formula is C16H29NO5Si. The molecule has 1 aliphatic rings. The minimum atomic E-state index is -2.02. The minimum absolute atomic E-state index is 0.0434. The van der Waals surface area contributed by atoms with E-state index in [1.165, 1.54) is 6.92 Å². The van der Waals surface area contributed by atoms with Gasteiger partial charge in [0.1, 0.15) is 6.10 Å². The Hall–Kier alpha value is -1.34. The monoisotopic (exact) mass is 343 g/mol. The lowest BCUT2D eigenvalue weighted by Gasteiger charge is -2.40. The molecule has 0 saturated carbocycles. The van der Waals surface area contributed by atoms with E-state index in [9.17, 15) is 9.59 Å². The molecule has 0 aliphatic heterocycles. The van der Waals surface area contributed by atoms with Crippen molar-refractivity contribution in [2.75, 3.05) is 6.61 Å². The van der Waals surface area contributed by atoms with Gasteiger partial charge >= 0.3 is 6.16 Å². The molecule has 1 rings (SSSR count). The number of carbonyl (C=O) groups excluding carboxylic acids is 2.